The maximum Gasteiger partial charge on any atom is 0.147 e. The highest BCUT2D eigenvalue weighted by molar-refractivity contribution is 4.89. The molecule has 1 atom stereocenters. The number of nitrogens with zero attached hydrogens (tertiary/aromatic N) is 4. The average Bonchev–Trinajstić information content (AvgIpc) is 2.76. The van der Waals surface area contributed by atoms with E-state index in [9.17, 15) is 0 Å². The second-order valence-electron chi connectivity index (χ2n) is 4.53. The fraction of sp³-hybridized carbons (Fsp3) is 0.818. The van der Waals surface area contributed by atoms with Gasteiger partial charge in [-0.2, -0.15) is 0 Å². The Balaban J connectivity index is 1.73. The molecule has 0 saturated heterocycles. The molecule has 0 aromatic carbocycles. The van der Waals surface area contributed by atoms with E-state index in [1.807, 2.05) is 6.33 Å². The van der Waals surface area contributed by atoms with Crippen molar-refractivity contribution in [2.45, 2.75) is 45.3 Å². The Morgan fingerprint density at radius 1 is 1.50 bits per heavy atom. The molecule has 0 bridgehead atoms. The zero-order chi connectivity index (χ0) is 11.4. The minimum atomic E-state index is 0.369. The van der Waals surface area contributed by atoms with Crippen molar-refractivity contribution in [1.29, 1.82) is 0 Å². The Morgan fingerprint density at radius 2 is 2.38 bits per heavy atom. The lowest BCUT2D eigenvalue weighted by Gasteiger charge is -2.27. The molecule has 1 aliphatic heterocycles. The van der Waals surface area contributed by atoms with E-state index in [1.54, 1.807) is 0 Å². The smallest absolute Gasteiger partial charge is 0.147 e. The maximum atomic E-state index is 5.90. The van der Waals surface area contributed by atoms with Crippen LogP contribution >= 0.6 is 0 Å². The number of rotatable bonds is 5. The second kappa shape index (κ2) is 5.41. The molecular weight excluding hydrogens is 202 g/mol. The van der Waals surface area contributed by atoms with Gasteiger partial charge >= 0.3 is 0 Å². The van der Waals surface area contributed by atoms with Gasteiger partial charge in [0.2, 0.25) is 0 Å². The normalized spacial score (nSPS) is 18.4. The van der Waals surface area contributed by atoms with Crippen LogP contribution < -0.4 is 5.73 Å². The first-order valence-electron chi connectivity index (χ1n) is 6.14. The number of aromatic nitrogens is 3. The fourth-order valence-corrected chi connectivity index (χ4v) is 2.09. The van der Waals surface area contributed by atoms with Crippen LogP contribution in [0.15, 0.2) is 6.33 Å². The van der Waals surface area contributed by atoms with Gasteiger partial charge in [0.25, 0.3) is 0 Å². The summed E-state index contributed by atoms with van der Waals surface area (Å²) in [5, 5.41) is 8.04. The molecule has 2 heterocycles. The van der Waals surface area contributed by atoms with Gasteiger partial charge in [-0.05, 0) is 25.8 Å². The van der Waals surface area contributed by atoms with Crippen LogP contribution in [-0.2, 0) is 13.1 Å². The van der Waals surface area contributed by atoms with Gasteiger partial charge in [0.1, 0.15) is 12.2 Å². The molecule has 0 spiro atoms. The third-order valence-electron chi connectivity index (χ3n) is 3.29. The summed E-state index contributed by atoms with van der Waals surface area (Å²) < 4.78 is 2.13. The summed E-state index contributed by atoms with van der Waals surface area (Å²) in [4.78, 5) is 2.44. The van der Waals surface area contributed by atoms with E-state index in [1.165, 1.54) is 6.42 Å². The van der Waals surface area contributed by atoms with E-state index in [-0.39, 0.29) is 0 Å². The van der Waals surface area contributed by atoms with Crippen molar-refractivity contribution in [2.75, 3.05) is 13.1 Å². The Hall–Kier alpha value is -0.940. The van der Waals surface area contributed by atoms with Gasteiger partial charge in [-0.25, -0.2) is 0 Å². The van der Waals surface area contributed by atoms with Crippen LogP contribution in [0.2, 0.25) is 0 Å². The molecule has 0 aliphatic carbocycles. The molecule has 90 valence electrons. The largest absolute Gasteiger partial charge is 0.328 e. The van der Waals surface area contributed by atoms with Crippen LogP contribution in [0.1, 0.15) is 32.0 Å². The molecular formula is C11H21N5. The predicted molar refractivity (Wildman–Crippen MR) is 62.8 cm³/mol. The number of nitrogens with two attached hydrogens (primary N) is 1. The lowest BCUT2D eigenvalue weighted by atomic mass is 10.1. The van der Waals surface area contributed by atoms with Gasteiger partial charge in [-0.1, -0.05) is 6.92 Å². The molecule has 16 heavy (non-hydrogen) atoms. The first-order valence-corrected chi connectivity index (χ1v) is 6.14. The maximum absolute atomic E-state index is 5.90. The molecule has 5 heteroatoms. The van der Waals surface area contributed by atoms with Crippen molar-refractivity contribution in [3.05, 3.63) is 12.2 Å². The van der Waals surface area contributed by atoms with Crippen LogP contribution in [0, 0.1) is 0 Å². The molecule has 1 aromatic heterocycles. The minimum absolute atomic E-state index is 0.369. The number of fused-ring (bicyclic) bond motifs is 1. The molecule has 5 nitrogen and oxygen atoms in total. The summed E-state index contributed by atoms with van der Waals surface area (Å²) in [6.45, 7) is 6.32. The Kier molecular flexibility index (Phi) is 3.90. The third-order valence-corrected chi connectivity index (χ3v) is 3.29. The molecule has 2 N–H and O–H groups in total. The second-order valence-corrected chi connectivity index (χ2v) is 4.53. The van der Waals surface area contributed by atoms with Crippen molar-refractivity contribution >= 4 is 0 Å². The predicted octanol–water partition coefficient (Wildman–Crippen LogP) is 0.611. The summed E-state index contributed by atoms with van der Waals surface area (Å²) in [5.74, 6) is 1.09. The monoisotopic (exact) mass is 223 g/mol. The van der Waals surface area contributed by atoms with Gasteiger partial charge in [-0.15, -0.1) is 10.2 Å². The van der Waals surface area contributed by atoms with E-state index in [4.69, 9.17) is 5.73 Å². The van der Waals surface area contributed by atoms with E-state index >= 15 is 0 Å². The topological polar surface area (TPSA) is 60.0 Å². The summed E-state index contributed by atoms with van der Waals surface area (Å²) in [5.41, 5.74) is 5.90. The first-order chi connectivity index (χ1) is 7.79. The van der Waals surface area contributed by atoms with Gasteiger partial charge < -0.3 is 10.3 Å². The summed E-state index contributed by atoms with van der Waals surface area (Å²) >= 11 is 0. The van der Waals surface area contributed by atoms with E-state index in [0.717, 1.165) is 44.8 Å². The fourth-order valence-electron chi connectivity index (χ4n) is 2.09. The van der Waals surface area contributed by atoms with Crippen molar-refractivity contribution in [1.82, 2.24) is 19.7 Å². The van der Waals surface area contributed by atoms with Crippen molar-refractivity contribution in [3.63, 3.8) is 0 Å². The SMILES string of the molecule is CCC(N)CCCN1CCn2cnnc2C1. The molecule has 0 amide bonds. The Labute approximate surface area is 96.6 Å². The molecule has 0 radical (unpaired) electrons. The zero-order valence-corrected chi connectivity index (χ0v) is 9.97. The highest BCUT2D eigenvalue weighted by Crippen LogP contribution is 2.10. The first kappa shape index (κ1) is 11.5. The van der Waals surface area contributed by atoms with Crippen LogP contribution in [0.5, 0.6) is 0 Å². The van der Waals surface area contributed by atoms with E-state index in [0.29, 0.717) is 6.04 Å². The number of hydrogen-bond donors (Lipinski definition) is 1. The van der Waals surface area contributed by atoms with Crippen LogP contribution in [0.25, 0.3) is 0 Å². The Morgan fingerprint density at radius 3 is 3.19 bits per heavy atom. The van der Waals surface area contributed by atoms with Crippen molar-refractivity contribution in [2.24, 2.45) is 5.73 Å². The van der Waals surface area contributed by atoms with Gasteiger partial charge in [0.05, 0.1) is 6.54 Å². The number of hydrogen-bond acceptors (Lipinski definition) is 4. The lowest BCUT2D eigenvalue weighted by Crippen LogP contribution is -2.34. The highest BCUT2D eigenvalue weighted by Gasteiger charge is 2.16. The van der Waals surface area contributed by atoms with Crippen molar-refractivity contribution < 1.29 is 0 Å². The molecule has 1 unspecified atom stereocenters. The Bertz CT molecular complexity index is 322. The zero-order valence-electron chi connectivity index (χ0n) is 9.97. The minimum Gasteiger partial charge on any atom is -0.328 e. The van der Waals surface area contributed by atoms with Crippen LogP contribution in [0.4, 0.5) is 0 Å². The van der Waals surface area contributed by atoms with Crippen LogP contribution in [-0.4, -0.2) is 38.8 Å². The average molecular weight is 223 g/mol. The van der Waals surface area contributed by atoms with Gasteiger partial charge in [0.15, 0.2) is 0 Å². The highest BCUT2D eigenvalue weighted by atomic mass is 15.3. The van der Waals surface area contributed by atoms with Gasteiger partial charge in [-0.3, -0.25) is 4.90 Å². The summed E-state index contributed by atoms with van der Waals surface area (Å²) in [6.07, 6.45) is 5.21. The summed E-state index contributed by atoms with van der Waals surface area (Å²) in [7, 11) is 0. The molecule has 0 saturated carbocycles. The lowest BCUT2D eigenvalue weighted by molar-refractivity contribution is 0.211. The van der Waals surface area contributed by atoms with Crippen LogP contribution in [0.3, 0.4) is 0 Å². The summed E-state index contributed by atoms with van der Waals surface area (Å²) in [6, 6.07) is 0.369. The molecule has 0 fully saturated rings. The molecule has 1 aromatic rings. The third kappa shape index (κ3) is 2.80. The standard InChI is InChI=1S/C11H21N5/c1-2-10(12)4-3-5-15-6-7-16-9-13-14-11(16)8-15/h9-10H,2-8,12H2,1H3. The van der Waals surface area contributed by atoms with Gasteiger partial charge in [0, 0.05) is 19.1 Å². The quantitative estimate of drug-likeness (QED) is 0.794. The van der Waals surface area contributed by atoms with E-state index in [2.05, 4.69) is 26.6 Å². The molecule has 2 rings (SSSR count). The van der Waals surface area contributed by atoms with Crippen molar-refractivity contribution in [3.8, 4) is 0 Å². The molecule has 1 aliphatic rings. The van der Waals surface area contributed by atoms with E-state index < -0.39 is 0 Å².